The van der Waals surface area contributed by atoms with Gasteiger partial charge < -0.3 is 20.4 Å². The predicted octanol–water partition coefficient (Wildman–Crippen LogP) is 3.23. The van der Waals surface area contributed by atoms with Gasteiger partial charge in [-0.15, -0.1) is 0 Å². The van der Waals surface area contributed by atoms with Gasteiger partial charge >= 0.3 is 0 Å². The van der Waals surface area contributed by atoms with Gasteiger partial charge in [-0.05, 0) is 49.2 Å². The van der Waals surface area contributed by atoms with E-state index in [1.807, 2.05) is 54.6 Å². The third-order valence-electron chi connectivity index (χ3n) is 4.72. The molecule has 1 aromatic heterocycles. The number of ether oxygens (including phenoxy) is 1. The minimum absolute atomic E-state index is 0.0540. The Morgan fingerprint density at radius 1 is 1.15 bits per heavy atom. The molecule has 5 nitrogen and oxygen atoms in total. The maximum atomic E-state index is 12.5. The van der Waals surface area contributed by atoms with E-state index in [4.69, 9.17) is 4.74 Å². The summed E-state index contributed by atoms with van der Waals surface area (Å²) in [6.07, 6.45) is 2.12. The molecule has 1 amide bonds. The Morgan fingerprint density at radius 2 is 2.04 bits per heavy atom. The lowest BCUT2D eigenvalue weighted by molar-refractivity contribution is 0.0926. The van der Waals surface area contributed by atoms with Gasteiger partial charge in [-0.2, -0.15) is 0 Å². The molecule has 3 aromatic rings. The summed E-state index contributed by atoms with van der Waals surface area (Å²) in [6.45, 7) is 2.40. The van der Waals surface area contributed by atoms with Crippen LogP contribution in [0.1, 0.15) is 28.9 Å². The lowest BCUT2D eigenvalue weighted by Crippen LogP contribution is -2.45. The second-order valence-electron chi connectivity index (χ2n) is 6.72. The summed E-state index contributed by atoms with van der Waals surface area (Å²) in [5.41, 5.74) is 2.65. The number of nitrogens with one attached hydrogen (secondary N) is 3. The lowest BCUT2D eigenvalue weighted by atomic mass is 10.1. The first-order valence-corrected chi connectivity index (χ1v) is 9.09. The van der Waals surface area contributed by atoms with Crippen molar-refractivity contribution in [2.75, 3.05) is 13.1 Å². The number of aromatic nitrogens is 1. The van der Waals surface area contributed by atoms with Crippen LogP contribution in [0.2, 0.25) is 0 Å². The normalized spacial score (nSPS) is 17.2. The van der Waals surface area contributed by atoms with Crippen LogP contribution in [-0.2, 0) is 6.61 Å². The van der Waals surface area contributed by atoms with Crippen molar-refractivity contribution in [3.05, 3.63) is 65.9 Å². The van der Waals surface area contributed by atoms with Crippen LogP contribution in [0.3, 0.4) is 0 Å². The topological polar surface area (TPSA) is 66.2 Å². The maximum Gasteiger partial charge on any atom is 0.267 e. The number of fused-ring (bicyclic) bond motifs is 1. The molecule has 0 radical (unpaired) electrons. The number of hydrogen-bond donors (Lipinski definition) is 3. The highest BCUT2D eigenvalue weighted by Gasteiger charge is 2.17. The Morgan fingerprint density at radius 3 is 2.85 bits per heavy atom. The van der Waals surface area contributed by atoms with E-state index in [0.717, 1.165) is 48.1 Å². The van der Waals surface area contributed by atoms with Gasteiger partial charge in [0.25, 0.3) is 5.91 Å². The number of rotatable bonds is 5. The first-order chi connectivity index (χ1) is 12.8. The molecule has 0 bridgehead atoms. The van der Waals surface area contributed by atoms with Gasteiger partial charge in [0.1, 0.15) is 18.1 Å². The number of amides is 1. The smallest absolute Gasteiger partial charge is 0.267 e. The Labute approximate surface area is 152 Å². The summed E-state index contributed by atoms with van der Waals surface area (Å²) < 4.78 is 5.87. The van der Waals surface area contributed by atoms with Crippen LogP contribution in [0, 0.1) is 0 Å². The lowest BCUT2D eigenvalue weighted by Gasteiger charge is -2.23. The van der Waals surface area contributed by atoms with Crippen molar-refractivity contribution < 1.29 is 9.53 Å². The molecular weight excluding hydrogens is 326 g/mol. The van der Waals surface area contributed by atoms with E-state index >= 15 is 0 Å². The molecule has 134 valence electrons. The zero-order chi connectivity index (χ0) is 17.8. The molecule has 26 heavy (non-hydrogen) atoms. The number of carbonyl (C=O) groups is 1. The molecule has 2 heterocycles. The molecule has 1 aliphatic rings. The molecule has 2 aromatic carbocycles. The fraction of sp³-hybridized carbons (Fsp3) is 0.286. The Kier molecular flexibility index (Phi) is 4.88. The number of piperidine rings is 1. The van der Waals surface area contributed by atoms with Crippen molar-refractivity contribution in [2.45, 2.75) is 25.5 Å². The van der Waals surface area contributed by atoms with E-state index in [2.05, 4.69) is 15.6 Å². The maximum absolute atomic E-state index is 12.5. The Balaban J connectivity index is 1.44. The number of aromatic amines is 1. The zero-order valence-electron chi connectivity index (χ0n) is 14.6. The Hall–Kier alpha value is -2.79. The van der Waals surface area contributed by atoms with Crippen LogP contribution in [0.5, 0.6) is 5.75 Å². The van der Waals surface area contributed by atoms with Crippen molar-refractivity contribution in [1.82, 2.24) is 15.6 Å². The zero-order valence-corrected chi connectivity index (χ0v) is 14.6. The molecule has 1 atom stereocenters. The van der Waals surface area contributed by atoms with E-state index in [1.165, 1.54) is 0 Å². The van der Waals surface area contributed by atoms with Gasteiger partial charge in [0, 0.05) is 23.5 Å². The summed E-state index contributed by atoms with van der Waals surface area (Å²) in [4.78, 5) is 15.7. The molecule has 1 saturated heterocycles. The molecule has 4 rings (SSSR count). The molecule has 1 unspecified atom stereocenters. The van der Waals surface area contributed by atoms with Crippen molar-refractivity contribution in [1.29, 1.82) is 0 Å². The molecule has 1 fully saturated rings. The van der Waals surface area contributed by atoms with Crippen molar-refractivity contribution in [3.8, 4) is 5.75 Å². The number of H-pyrrole nitrogens is 1. The average molecular weight is 349 g/mol. The summed E-state index contributed by atoms with van der Waals surface area (Å²) in [5.74, 6) is 0.741. The van der Waals surface area contributed by atoms with Crippen LogP contribution in [0.15, 0.2) is 54.6 Å². The molecule has 3 N–H and O–H groups in total. The van der Waals surface area contributed by atoms with Crippen LogP contribution >= 0.6 is 0 Å². The predicted molar refractivity (Wildman–Crippen MR) is 102 cm³/mol. The van der Waals surface area contributed by atoms with Crippen molar-refractivity contribution >= 4 is 16.8 Å². The van der Waals surface area contributed by atoms with Crippen LogP contribution in [-0.4, -0.2) is 30.0 Å². The molecular formula is C21H23N3O2. The first-order valence-electron chi connectivity index (χ1n) is 9.09. The monoisotopic (exact) mass is 349 g/mol. The van der Waals surface area contributed by atoms with E-state index in [-0.39, 0.29) is 11.9 Å². The minimum atomic E-state index is -0.0540. The van der Waals surface area contributed by atoms with Crippen molar-refractivity contribution in [2.24, 2.45) is 0 Å². The van der Waals surface area contributed by atoms with E-state index in [9.17, 15) is 4.79 Å². The molecule has 5 heteroatoms. The number of benzene rings is 2. The van der Waals surface area contributed by atoms with Crippen LogP contribution in [0.4, 0.5) is 0 Å². The standard InChI is InChI=1S/C21H23N3O2/c25-21(23-17-7-4-10-22-13-17)20-12-16-11-18(8-9-19(16)24-20)26-14-15-5-2-1-3-6-15/h1-3,5-6,8-9,11-12,17,22,24H,4,7,10,13-14H2,(H,23,25). The summed E-state index contributed by atoms with van der Waals surface area (Å²) in [7, 11) is 0. The van der Waals surface area contributed by atoms with Gasteiger partial charge in [-0.1, -0.05) is 30.3 Å². The fourth-order valence-electron chi connectivity index (χ4n) is 3.30. The van der Waals surface area contributed by atoms with Gasteiger partial charge in [0.15, 0.2) is 0 Å². The van der Waals surface area contributed by atoms with Gasteiger partial charge in [-0.25, -0.2) is 0 Å². The summed E-state index contributed by atoms with van der Waals surface area (Å²) >= 11 is 0. The number of hydrogen-bond acceptors (Lipinski definition) is 3. The second kappa shape index (κ2) is 7.62. The highest BCUT2D eigenvalue weighted by molar-refractivity contribution is 5.98. The minimum Gasteiger partial charge on any atom is -0.489 e. The summed E-state index contributed by atoms with van der Waals surface area (Å²) in [5, 5.41) is 7.38. The van der Waals surface area contributed by atoms with Gasteiger partial charge in [-0.3, -0.25) is 4.79 Å². The van der Waals surface area contributed by atoms with Crippen LogP contribution in [0.25, 0.3) is 10.9 Å². The van der Waals surface area contributed by atoms with Crippen LogP contribution < -0.4 is 15.4 Å². The third-order valence-corrected chi connectivity index (χ3v) is 4.72. The molecule has 0 spiro atoms. The largest absolute Gasteiger partial charge is 0.489 e. The van der Waals surface area contributed by atoms with Crippen molar-refractivity contribution in [3.63, 3.8) is 0 Å². The SMILES string of the molecule is O=C(NC1CCCNC1)c1cc2cc(OCc3ccccc3)ccc2[nH]1. The third kappa shape index (κ3) is 3.89. The second-order valence-corrected chi connectivity index (χ2v) is 6.72. The molecule has 0 aliphatic carbocycles. The molecule has 0 saturated carbocycles. The molecule has 1 aliphatic heterocycles. The Bertz CT molecular complexity index is 883. The quantitative estimate of drug-likeness (QED) is 0.662. The average Bonchev–Trinajstić information content (AvgIpc) is 3.11. The highest BCUT2D eigenvalue weighted by Crippen LogP contribution is 2.22. The van der Waals surface area contributed by atoms with Gasteiger partial charge in [0.05, 0.1) is 0 Å². The fourth-order valence-corrected chi connectivity index (χ4v) is 3.30. The first kappa shape index (κ1) is 16.7. The number of carbonyl (C=O) groups excluding carboxylic acids is 1. The van der Waals surface area contributed by atoms with Gasteiger partial charge in [0.2, 0.25) is 0 Å². The van der Waals surface area contributed by atoms with E-state index in [0.29, 0.717) is 12.3 Å². The van der Waals surface area contributed by atoms with E-state index in [1.54, 1.807) is 0 Å². The summed E-state index contributed by atoms with van der Waals surface area (Å²) in [6, 6.07) is 18.0. The highest BCUT2D eigenvalue weighted by atomic mass is 16.5. The van der Waals surface area contributed by atoms with E-state index < -0.39 is 0 Å².